The summed E-state index contributed by atoms with van der Waals surface area (Å²) in [6.45, 7) is 11.0. The van der Waals surface area contributed by atoms with Gasteiger partial charge in [-0.2, -0.15) is 0 Å². The Labute approximate surface area is 253 Å². The zero-order chi connectivity index (χ0) is 30.1. The van der Waals surface area contributed by atoms with Gasteiger partial charge in [-0.25, -0.2) is 19.0 Å². The molecule has 2 atom stereocenters. The predicted octanol–water partition coefficient (Wildman–Crippen LogP) is 8.43. The highest BCUT2D eigenvalue weighted by molar-refractivity contribution is 7.20. The largest absolute Gasteiger partial charge is 0.444 e. The molecule has 3 aromatic rings. The Hall–Kier alpha value is -2.66. The van der Waals surface area contributed by atoms with Crippen molar-refractivity contribution in [2.24, 2.45) is 0 Å². The van der Waals surface area contributed by atoms with Crippen LogP contribution in [0.4, 0.5) is 19.7 Å². The molecular formula is C29H34Cl2FN3O5S. The lowest BCUT2D eigenvalue weighted by Gasteiger charge is -2.32. The Morgan fingerprint density at radius 3 is 2.49 bits per heavy atom. The number of ether oxygens (including phenoxy) is 3. The number of amides is 2. The monoisotopic (exact) mass is 625 g/mol. The first-order chi connectivity index (χ1) is 19.1. The Kier molecular flexibility index (Phi) is 9.38. The van der Waals surface area contributed by atoms with Gasteiger partial charge in [-0.3, -0.25) is 4.90 Å². The SMILES string of the molecule is CC(C)(C)OC(=O)NC1CCCOC1c1sc2c(N(Cc3ccccc3F)C(=O)OC(C)(C)C)cc(Cl)nc2c1Cl. The number of anilines is 1. The molecule has 1 aliphatic rings. The van der Waals surface area contributed by atoms with Crippen LogP contribution in [0.3, 0.4) is 0 Å². The Balaban J connectivity index is 1.79. The Bertz CT molecular complexity index is 1440. The lowest BCUT2D eigenvalue weighted by Crippen LogP contribution is -2.44. The van der Waals surface area contributed by atoms with Crippen molar-refractivity contribution in [2.45, 2.75) is 84.3 Å². The smallest absolute Gasteiger partial charge is 0.415 e. The molecule has 2 aromatic heterocycles. The number of nitrogens with zero attached hydrogens (tertiary/aromatic N) is 2. The number of benzene rings is 1. The number of carbonyl (C=O) groups excluding carboxylic acids is 2. The quantitative estimate of drug-likeness (QED) is 0.286. The van der Waals surface area contributed by atoms with Gasteiger partial charge in [0, 0.05) is 18.2 Å². The maximum atomic E-state index is 14.7. The van der Waals surface area contributed by atoms with E-state index in [4.69, 9.17) is 37.4 Å². The summed E-state index contributed by atoms with van der Waals surface area (Å²) in [6.07, 6.45) is -0.445. The van der Waals surface area contributed by atoms with E-state index in [0.717, 1.165) is 6.42 Å². The lowest BCUT2D eigenvalue weighted by atomic mass is 10.0. The zero-order valence-electron chi connectivity index (χ0n) is 23.8. The zero-order valence-corrected chi connectivity index (χ0v) is 26.2. The number of aromatic nitrogens is 1. The van der Waals surface area contributed by atoms with Gasteiger partial charge in [0.15, 0.2) is 0 Å². The van der Waals surface area contributed by atoms with E-state index in [1.807, 2.05) is 0 Å². The number of pyridine rings is 1. The fraction of sp³-hybridized carbons (Fsp3) is 0.483. The lowest BCUT2D eigenvalue weighted by molar-refractivity contribution is -0.0144. The van der Waals surface area contributed by atoms with Gasteiger partial charge in [-0.15, -0.1) is 11.3 Å². The topological polar surface area (TPSA) is 90.0 Å². The number of fused-ring (bicyclic) bond motifs is 1. The molecule has 1 fully saturated rings. The first-order valence-electron chi connectivity index (χ1n) is 13.3. The van der Waals surface area contributed by atoms with Gasteiger partial charge in [-0.05, 0) is 60.5 Å². The summed E-state index contributed by atoms with van der Waals surface area (Å²) < 4.78 is 32.5. The van der Waals surface area contributed by atoms with Crippen LogP contribution in [-0.2, 0) is 20.8 Å². The molecule has 0 bridgehead atoms. The van der Waals surface area contributed by atoms with Crippen LogP contribution in [0.5, 0.6) is 0 Å². The van der Waals surface area contributed by atoms with Gasteiger partial charge in [0.1, 0.15) is 33.8 Å². The van der Waals surface area contributed by atoms with Crippen LogP contribution in [0.15, 0.2) is 30.3 Å². The van der Waals surface area contributed by atoms with Crippen LogP contribution in [-0.4, -0.2) is 41.0 Å². The molecule has 2 unspecified atom stereocenters. The van der Waals surface area contributed by atoms with Crippen LogP contribution < -0.4 is 10.2 Å². The van der Waals surface area contributed by atoms with Crippen molar-refractivity contribution in [3.05, 3.63) is 56.8 Å². The second-order valence-corrected chi connectivity index (χ2v) is 13.6. The van der Waals surface area contributed by atoms with Crippen molar-refractivity contribution in [3.8, 4) is 0 Å². The molecule has 2 amide bonds. The molecule has 0 aliphatic carbocycles. The van der Waals surface area contributed by atoms with Crippen molar-refractivity contribution in [1.29, 1.82) is 0 Å². The van der Waals surface area contributed by atoms with Crippen LogP contribution in [0.2, 0.25) is 10.2 Å². The summed E-state index contributed by atoms with van der Waals surface area (Å²) in [4.78, 5) is 32.5. The summed E-state index contributed by atoms with van der Waals surface area (Å²) in [7, 11) is 0. The summed E-state index contributed by atoms with van der Waals surface area (Å²) in [5.74, 6) is -0.464. The molecule has 3 heterocycles. The highest BCUT2D eigenvalue weighted by Crippen LogP contribution is 2.46. The van der Waals surface area contributed by atoms with Crippen molar-refractivity contribution in [1.82, 2.24) is 10.3 Å². The Morgan fingerprint density at radius 1 is 1.15 bits per heavy atom. The number of alkyl carbamates (subject to hydrolysis) is 1. The fourth-order valence-corrected chi connectivity index (χ4v) is 6.28. The minimum atomic E-state index is -0.810. The average molecular weight is 627 g/mol. The molecule has 12 heteroatoms. The van der Waals surface area contributed by atoms with Crippen LogP contribution >= 0.6 is 34.5 Å². The summed E-state index contributed by atoms with van der Waals surface area (Å²) >= 11 is 14.6. The molecule has 0 radical (unpaired) electrons. The third-order valence-corrected chi connectivity index (χ3v) is 7.98. The third kappa shape index (κ3) is 7.80. The van der Waals surface area contributed by atoms with Crippen molar-refractivity contribution in [2.75, 3.05) is 11.5 Å². The maximum absolute atomic E-state index is 14.7. The third-order valence-electron chi connectivity index (χ3n) is 6.03. The number of carbonyl (C=O) groups is 2. The Morgan fingerprint density at radius 2 is 1.83 bits per heavy atom. The molecule has 1 aliphatic heterocycles. The molecule has 0 saturated carbocycles. The van der Waals surface area contributed by atoms with Crippen molar-refractivity contribution >= 4 is 62.6 Å². The summed E-state index contributed by atoms with van der Waals surface area (Å²) in [5, 5.41) is 3.31. The predicted molar refractivity (Wildman–Crippen MR) is 160 cm³/mol. The van der Waals surface area contributed by atoms with Crippen molar-refractivity contribution < 1.29 is 28.2 Å². The van der Waals surface area contributed by atoms with E-state index >= 15 is 0 Å². The van der Waals surface area contributed by atoms with Gasteiger partial charge in [0.2, 0.25) is 0 Å². The average Bonchev–Trinajstić information content (AvgIpc) is 3.17. The number of nitrogens with one attached hydrogen (secondary N) is 1. The molecule has 1 saturated heterocycles. The van der Waals surface area contributed by atoms with Crippen LogP contribution in [0, 0.1) is 5.82 Å². The molecular weight excluding hydrogens is 592 g/mol. The molecule has 4 rings (SSSR count). The van der Waals surface area contributed by atoms with Gasteiger partial charge in [0.25, 0.3) is 0 Å². The van der Waals surface area contributed by atoms with Gasteiger partial charge in [0.05, 0.1) is 32.9 Å². The van der Waals surface area contributed by atoms with E-state index in [1.165, 1.54) is 28.4 Å². The standard InChI is InChI=1S/C29H34Cl2FN3O5S/c1-28(2,3)39-26(36)33-18-12-9-13-38-23(18)25-21(31)22-24(41-25)19(14-20(30)34-22)35(27(37)40-29(4,5)6)15-16-10-7-8-11-17(16)32/h7-8,10-11,14,18,23H,9,12-13,15H2,1-6H3,(H,33,36). The minimum Gasteiger partial charge on any atom is -0.444 e. The first kappa shape index (κ1) is 31.3. The number of rotatable bonds is 5. The summed E-state index contributed by atoms with van der Waals surface area (Å²) in [6, 6.07) is 7.32. The van der Waals surface area contributed by atoms with E-state index in [0.29, 0.717) is 44.4 Å². The summed E-state index contributed by atoms with van der Waals surface area (Å²) in [5.41, 5.74) is -0.456. The molecule has 41 heavy (non-hydrogen) atoms. The van der Waals surface area contributed by atoms with Gasteiger partial charge in [-0.1, -0.05) is 41.4 Å². The minimum absolute atomic E-state index is 0.0915. The fourth-order valence-electron chi connectivity index (χ4n) is 4.40. The van der Waals surface area contributed by atoms with E-state index < -0.39 is 41.4 Å². The number of hydrogen-bond donors (Lipinski definition) is 1. The van der Waals surface area contributed by atoms with E-state index in [1.54, 1.807) is 59.7 Å². The molecule has 1 aromatic carbocycles. The van der Waals surface area contributed by atoms with Crippen LogP contribution in [0.25, 0.3) is 10.2 Å². The van der Waals surface area contributed by atoms with Crippen molar-refractivity contribution in [3.63, 3.8) is 0 Å². The second-order valence-electron chi connectivity index (χ2n) is 11.8. The van der Waals surface area contributed by atoms with E-state index in [9.17, 15) is 14.0 Å². The van der Waals surface area contributed by atoms with Crippen LogP contribution in [0.1, 0.15) is 70.9 Å². The molecule has 222 valence electrons. The number of thiophene rings is 1. The molecule has 0 spiro atoms. The molecule has 8 nitrogen and oxygen atoms in total. The highest BCUT2D eigenvalue weighted by Gasteiger charge is 2.35. The number of halogens is 3. The number of hydrogen-bond acceptors (Lipinski definition) is 7. The van der Waals surface area contributed by atoms with Gasteiger partial charge < -0.3 is 19.5 Å². The molecule has 1 N–H and O–H groups in total. The van der Waals surface area contributed by atoms with Gasteiger partial charge >= 0.3 is 12.2 Å². The maximum Gasteiger partial charge on any atom is 0.415 e. The first-order valence-corrected chi connectivity index (χ1v) is 14.8. The second kappa shape index (κ2) is 12.3. The normalized spacial score (nSPS) is 17.8. The van der Waals surface area contributed by atoms with E-state index in [2.05, 4.69) is 10.3 Å². The van der Waals surface area contributed by atoms with E-state index in [-0.39, 0.29) is 11.7 Å². The highest BCUT2D eigenvalue weighted by atomic mass is 35.5.